The number of ether oxygens (including phenoxy) is 1. The van der Waals surface area contributed by atoms with Crippen molar-refractivity contribution in [2.45, 2.75) is 226 Å². The van der Waals surface area contributed by atoms with Crippen LogP contribution in [-0.4, -0.2) is 235 Å². The summed E-state index contributed by atoms with van der Waals surface area (Å²) in [5, 5.41) is 63.1. The maximum atomic E-state index is 13.6. The van der Waals surface area contributed by atoms with Gasteiger partial charge in [-0.2, -0.15) is 0 Å². The molecule has 6 aromatic carbocycles. The topological polar surface area (TPSA) is 530 Å². The highest BCUT2D eigenvalue weighted by atomic mass is 19.1. The molecule has 6 rings (SSSR count). The maximum absolute atomic E-state index is 13.6. The van der Waals surface area contributed by atoms with Crippen molar-refractivity contribution in [1.82, 2.24) is 51.5 Å². The van der Waals surface area contributed by atoms with Gasteiger partial charge in [-0.3, -0.25) is 62.5 Å². The number of phenols is 4. The average Bonchev–Trinajstić information content (AvgIpc) is 0.811. The van der Waals surface area contributed by atoms with Gasteiger partial charge in [0, 0.05) is 46.2 Å². The summed E-state index contributed by atoms with van der Waals surface area (Å²) in [6.07, 6.45) is 0.105. The van der Waals surface area contributed by atoms with E-state index < -0.39 is 135 Å². The SMILES string of the molecule is CN(C)C(C)(C)C(=O)O.CNC(C)(C)C(=O)N[C@@H](Cc1ccc(O)c(C)c1)C(N)=O.Cc1cc(C[C@H](NC(=O)C(C)(C)N(C)C(=O)[C@@H](N)Cc2ccc(F)cc2)C(N)=O)ccc1O.Cc1cc(C[C@H](NC(=O)C(C)(C)N(C)C(=O)[C@H](Cc2ccc(F)cc2)NC(=O)OC(C)(C)C)C(N)=O)ccc1O.Cc1cc(C[C@H](NC(=O)C(C)(C)N(C)C)C(N)=O)ccc1O. The van der Waals surface area contributed by atoms with Gasteiger partial charge >= 0.3 is 12.1 Å². The molecule has 33 nitrogen and oxygen atoms in total. The van der Waals surface area contributed by atoms with E-state index in [2.05, 4.69) is 31.9 Å². The van der Waals surface area contributed by atoms with Gasteiger partial charge in [-0.15, -0.1) is 0 Å². The van der Waals surface area contributed by atoms with Gasteiger partial charge in [0.15, 0.2) is 0 Å². The Morgan fingerprint density at radius 2 is 0.624 bits per heavy atom. The fourth-order valence-corrected chi connectivity index (χ4v) is 10.9. The minimum atomic E-state index is -1.48. The third-order valence-corrected chi connectivity index (χ3v) is 21.4. The first-order chi connectivity index (χ1) is 57.3. The molecule has 0 aliphatic heterocycles. The number of nitrogens with zero attached hydrogens (tertiary/aromatic N) is 4. The molecule has 0 spiro atoms. The molecule has 688 valence electrons. The standard InChI is InChI=1S/C29H39FN4O6.C24H31FN4O4.C16H25N3O3.C15H23N3O3.C6H13NO2/c1-17-14-19(10-13-23(17)35)16-21(24(31)36)32-26(38)29(5,6)34(7)25(37)22(33-27(39)40-28(2,3)4)15-18-8-11-20(30)12-9-18;1-14-11-16(7-10-20(14)30)13-19(21(27)31)28-23(33)24(2,3)29(4)22(32)18(26)12-15-5-8-17(25)9-6-15;1-10-8-11(6-7-13(10)20)9-12(14(17)21)18-15(22)16(2,3)19(4)5;1-9-7-10(5-6-12(9)19)8-11(13(16)20)18-14(21)15(2,3)17-4;1-6(2,5(8)9)7(3)4/h8-14,21-22,35H,15-16H2,1-7H3,(H2,31,36)(H,32,38)(H,33,39);5-11,18-19,30H,12-13,26H2,1-4H3,(H2,27,31)(H,28,33);6-8,12,20H,9H2,1-5H3,(H2,17,21)(H,18,22);5-7,11,17,19H,8H2,1-4H3,(H2,16,20)(H,18,21);1-4H3,(H,8,9)/t21-,22-;18-,19-;12-;11-;/m0000./s1. The zero-order chi connectivity index (χ0) is 96.3. The Morgan fingerprint density at radius 1 is 0.368 bits per heavy atom. The molecule has 0 saturated carbocycles. The van der Waals surface area contributed by atoms with E-state index >= 15 is 0 Å². The summed E-state index contributed by atoms with van der Waals surface area (Å²) in [6.45, 7) is 28.3. The largest absolute Gasteiger partial charge is 0.508 e. The molecule has 6 atom stereocenters. The van der Waals surface area contributed by atoms with Crippen LogP contribution >= 0.6 is 0 Å². The number of carbonyl (C=O) groups excluding carboxylic acids is 11. The van der Waals surface area contributed by atoms with Crippen molar-refractivity contribution < 1.29 is 96.6 Å². The van der Waals surface area contributed by atoms with Crippen molar-refractivity contribution in [1.29, 1.82) is 0 Å². The number of carboxylic acids is 1. The lowest BCUT2D eigenvalue weighted by Crippen LogP contribution is -2.62. The molecule has 0 fully saturated rings. The Balaban J connectivity index is 0.000000561. The molecule has 0 aliphatic rings. The van der Waals surface area contributed by atoms with Gasteiger partial charge in [0.2, 0.25) is 59.1 Å². The molecule has 125 heavy (non-hydrogen) atoms. The van der Waals surface area contributed by atoms with Gasteiger partial charge in [-0.05, 0) is 264 Å². The molecular formula is C90H131F2N15O18. The molecule has 21 N–H and O–H groups in total. The second-order valence-corrected chi connectivity index (χ2v) is 34.5. The third-order valence-electron chi connectivity index (χ3n) is 21.4. The van der Waals surface area contributed by atoms with Crippen LogP contribution < -0.4 is 60.6 Å². The number of nitrogens with two attached hydrogens (primary N) is 5. The van der Waals surface area contributed by atoms with E-state index in [1.54, 1.807) is 208 Å². The zero-order valence-electron chi connectivity index (χ0n) is 76.2. The van der Waals surface area contributed by atoms with Crippen LogP contribution in [0.4, 0.5) is 13.6 Å². The molecule has 0 aromatic heterocycles. The molecule has 0 heterocycles. The fraction of sp³-hybridized carbons (Fsp3) is 0.467. The predicted octanol–water partition coefficient (Wildman–Crippen LogP) is 5.06. The van der Waals surface area contributed by atoms with Crippen LogP contribution in [0.5, 0.6) is 23.0 Å². The second-order valence-electron chi connectivity index (χ2n) is 34.5. The number of hydrogen-bond acceptors (Lipinski definition) is 21. The summed E-state index contributed by atoms with van der Waals surface area (Å²) in [5.41, 5.74) is 28.9. The summed E-state index contributed by atoms with van der Waals surface area (Å²) < 4.78 is 31.8. The lowest BCUT2D eigenvalue weighted by Gasteiger charge is -2.37. The van der Waals surface area contributed by atoms with Crippen LogP contribution in [0.1, 0.15) is 146 Å². The zero-order valence-corrected chi connectivity index (χ0v) is 76.2. The van der Waals surface area contributed by atoms with Gasteiger partial charge in [0.05, 0.1) is 17.1 Å². The predicted molar refractivity (Wildman–Crippen MR) is 472 cm³/mol. The number of phenolic OH excluding ortho intramolecular Hbond substituents is 4. The molecule has 0 radical (unpaired) electrons. The Morgan fingerprint density at radius 3 is 0.872 bits per heavy atom. The lowest BCUT2D eigenvalue weighted by atomic mass is 9.97. The number of alkyl carbamates (subject to hydrolysis) is 1. The molecule has 0 unspecified atom stereocenters. The monoisotopic (exact) mass is 1750 g/mol. The van der Waals surface area contributed by atoms with Gasteiger partial charge < -0.3 is 101 Å². The van der Waals surface area contributed by atoms with Crippen molar-refractivity contribution in [2.24, 2.45) is 28.7 Å². The van der Waals surface area contributed by atoms with E-state index in [0.29, 0.717) is 44.5 Å². The van der Waals surface area contributed by atoms with Crippen molar-refractivity contribution in [2.75, 3.05) is 49.3 Å². The maximum Gasteiger partial charge on any atom is 0.408 e. The normalized spacial score (nSPS) is 13.0. The molecule has 0 saturated heterocycles. The number of primary amides is 4. The van der Waals surface area contributed by atoms with Crippen LogP contribution in [0.15, 0.2) is 121 Å². The van der Waals surface area contributed by atoms with Crippen molar-refractivity contribution in [3.63, 3.8) is 0 Å². The Hall–Kier alpha value is -12.3. The molecular weight excluding hydrogens is 1620 g/mol. The average molecular weight is 1750 g/mol. The van der Waals surface area contributed by atoms with Crippen molar-refractivity contribution >= 4 is 71.1 Å². The molecule has 6 aromatic rings. The Bertz CT molecular complexity index is 4740. The number of rotatable bonds is 33. The number of benzene rings is 6. The fourth-order valence-electron chi connectivity index (χ4n) is 10.9. The summed E-state index contributed by atoms with van der Waals surface area (Å²) in [6, 6.07) is 25.0. The van der Waals surface area contributed by atoms with Crippen LogP contribution in [0.2, 0.25) is 0 Å². The summed E-state index contributed by atoms with van der Waals surface area (Å²) >= 11 is 0. The summed E-state index contributed by atoms with van der Waals surface area (Å²) in [7, 11) is 11.6. The number of carboxylic acid groups (broad SMARTS) is 1. The van der Waals surface area contributed by atoms with Gasteiger partial charge in [-0.25, -0.2) is 13.6 Å². The number of nitrogens with one attached hydrogen (secondary N) is 6. The van der Waals surface area contributed by atoms with E-state index in [4.69, 9.17) is 38.5 Å². The van der Waals surface area contributed by atoms with E-state index in [1.165, 1.54) is 95.2 Å². The van der Waals surface area contributed by atoms with Gasteiger partial charge in [0.25, 0.3) is 0 Å². The van der Waals surface area contributed by atoms with E-state index in [9.17, 15) is 86.7 Å². The lowest BCUT2D eigenvalue weighted by molar-refractivity contribution is -0.147. The molecule has 0 bridgehead atoms. The number of aryl methyl sites for hydroxylation is 4. The number of likely N-dealkylation sites (N-methyl/N-ethyl adjacent to an activating group) is 5. The van der Waals surface area contributed by atoms with E-state index in [-0.39, 0.29) is 79.2 Å². The van der Waals surface area contributed by atoms with Crippen molar-refractivity contribution in [3.8, 4) is 23.0 Å². The number of hydrogen-bond donors (Lipinski definition) is 16. The highest BCUT2D eigenvalue weighted by Crippen LogP contribution is 2.26. The van der Waals surface area contributed by atoms with Crippen LogP contribution in [0.3, 0.4) is 0 Å². The number of halogens is 2. The quantitative estimate of drug-likeness (QED) is 0.0256. The second kappa shape index (κ2) is 46.9. The van der Waals surface area contributed by atoms with E-state index in [1.807, 2.05) is 0 Å². The highest BCUT2D eigenvalue weighted by molar-refractivity contribution is 5.97. The highest BCUT2D eigenvalue weighted by Gasteiger charge is 2.42. The first-order valence-corrected chi connectivity index (χ1v) is 40.0. The minimum absolute atomic E-state index is 0.00447. The Kier molecular flexibility index (Phi) is 40.8. The Labute approximate surface area is 731 Å². The first kappa shape index (κ1) is 109. The number of aliphatic carboxylic acids is 1. The smallest absolute Gasteiger partial charge is 0.408 e. The van der Waals surface area contributed by atoms with Crippen LogP contribution in [-0.2, 0) is 96.0 Å². The van der Waals surface area contributed by atoms with Crippen LogP contribution in [0.25, 0.3) is 0 Å². The van der Waals surface area contributed by atoms with Gasteiger partial charge in [0.1, 0.15) is 87.1 Å². The van der Waals surface area contributed by atoms with Crippen LogP contribution in [0, 0.1) is 39.3 Å². The summed E-state index contributed by atoms with van der Waals surface area (Å²) in [5.74, 6) is -6.62. The van der Waals surface area contributed by atoms with E-state index in [0.717, 1.165) is 16.0 Å². The number of carbonyl (C=O) groups is 12. The van der Waals surface area contributed by atoms with Gasteiger partial charge in [-0.1, -0.05) is 72.8 Å². The molecule has 0 aliphatic carbocycles. The number of amides is 11. The molecule has 11 amide bonds. The first-order valence-electron chi connectivity index (χ1n) is 40.0. The van der Waals surface area contributed by atoms with Crippen molar-refractivity contribution in [3.05, 3.63) is 189 Å². The molecule has 35 heteroatoms. The summed E-state index contributed by atoms with van der Waals surface area (Å²) in [4.78, 5) is 153. The third kappa shape index (κ3) is 34.4. The number of aromatic hydroxyl groups is 4. The minimum Gasteiger partial charge on any atom is -0.508 e.